The monoisotopic (exact) mass is 244 g/mol. The van der Waals surface area contributed by atoms with E-state index in [1.165, 1.54) is 33.0 Å². The summed E-state index contributed by atoms with van der Waals surface area (Å²) in [6, 6.07) is 21.7. The summed E-state index contributed by atoms with van der Waals surface area (Å²) in [6.45, 7) is 0. The second-order valence-electron chi connectivity index (χ2n) is 5.32. The third-order valence-electron chi connectivity index (χ3n) is 4.30. The predicted molar refractivity (Wildman–Crippen MR) is 76.0 cm³/mol. The Morgan fingerprint density at radius 1 is 0.684 bits per heavy atom. The lowest BCUT2D eigenvalue weighted by Gasteiger charge is -2.18. The Balaban J connectivity index is 1.97. The van der Waals surface area contributed by atoms with Gasteiger partial charge in [0.15, 0.2) is 0 Å². The molecule has 0 spiro atoms. The molecule has 1 aliphatic carbocycles. The van der Waals surface area contributed by atoms with Gasteiger partial charge in [0.25, 0.3) is 0 Å². The second kappa shape index (κ2) is 3.25. The van der Waals surface area contributed by atoms with E-state index in [0.717, 1.165) is 0 Å². The lowest BCUT2D eigenvalue weighted by Crippen LogP contribution is -1.99. The molecular formula is C18H12O. The highest BCUT2D eigenvalue weighted by molar-refractivity contribution is 6.00. The van der Waals surface area contributed by atoms with Crippen LogP contribution in [0.1, 0.15) is 23.3 Å². The van der Waals surface area contributed by atoms with Crippen LogP contribution in [0.4, 0.5) is 0 Å². The van der Waals surface area contributed by atoms with Gasteiger partial charge in [-0.25, -0.2) is 0 Å². The summed E-state index contributed by atoms with van der Waals surface area (Å²) in [6.07, 6.45) is 0.555. The molecule has 2 atom stereocenters. The molecule has 2 unspecified atom stereocenters. The van der Waals surface area contributed by atoms with Crippen LogP contribution < -0.4 is 0 Å². The number of benzene rings is 3. The fourth-order valence-corrected chi connectivity index (χ4v) is 3.38. The Morgan fingerprint density at radius 3 is 2.47 bits per heavy atom. The maximum atomic E-state index is 5.88. The molecule has 0 radical (unpaired) electrons. The van der Waals surface area contributed by atoms with Crippen LogP contribution in [0.5, 0.6) is 0 Å². The van der Waals surface area contributed by atoms with Crippen molar-refractivity contribution >= 4 is 10.8 Å². The SMILES string of the molecule is c1ccc2c(c1)-c1c(ccc3ccccc13)C1OC21. The first kappa shape index (κ1) is 9.76. The summed E-state index contributed by atoms with van der Waals surface area (Å²) in [4.78, 5) is 0. The first-order valence-corrected chi connectivity index (χ1v) is 6.70. The Labute approximate surface area is 111 Å². The van der Waals surface area contributed by atoms with Crippen molar-refractivity contribution in [1.29, 1.82) is 0 Å². The molecule has 5 rings (SSSR count). The van der Waals surface area contributed by atoms with Crippen LogP contribution in [-0.4, -0.2) is 0 Å². The number of rotatable bonds is 0. The molecule has 0 amide bonds. The summed E-state index contributed by atoms with van der Waals surface area (Å²) >= 11 is 0. The number of ether oxygens (including phenoxy) is 1. The fourth-order valence-electron chi connectivity index (χ4n) is 3.38. The molecule has 1 heterocycles. The minimum atomic E-state index is 0.273. The van der Waals surface area contributed by atoms with Crippen LogP contribution >= 0.6 is 0 Å². The zero-order valence-electron chi connectivity index (χ0n) is 10.3. The quantitative estimate of drug-likeness (QED) is 0.525. The van der Waals surface area contributed by atoms with Crippen LogP contribution in [-0.2, 0) is 4.74 Å². The number of epoxide rings is 1. The standard InChI is InChI=1S/C18H12O/c1-2-6-12-11(5-1)9-10-15-16(12)13-7-3-4-8-14(13)17-18(15)19-17/h1-10,17-18H. The van der Waals surface area contributed by atoms with Crippen molar-refractivity contribution in [3.63, 3.8) is 0 Å². The molecular weight excluding hydrogens is 232 g/mol. The fraction of sp³-hybridized carbons (Fsp3) is 0.111. The van der Waals surface area contributed by atoms with E-state index < -0.39 is 0 Å². The van der Waals surface area contributed by atoms with Gasteiger partial charge < -0.3 is 4.74 Å². The lowest BCUT2D eigenvalue weighted by molar-refractivity contribution is 0.380. The van der Waals surface area contributed by atoms with Crippen molar-refractivity contribution in [2.24, 2.45) is 0 Å². The molecule has 1 heteroatoms. The van der Waals surface area contributed by atoms with E-state index in [1.54, 1.807) is 0 Å². The van der Waals surface area contributed by atoms with Gasteiger partial charge in [-0.15, -0.1) is 0 Å². The Kier molecular flexibility index (Phi) is 1.67. The molecule has 1 aliphatic heterocycles. The molecule has 0 N–H and O–H groups in total. The lowest BCUT2D eigenvalue weighted by atomic mass is 9.83. The summed E-state index contributed by atoms with van der Waals surface area (Å²) in [5.74, 6) is 0. The minimum Gasteiger partial charge on any atom is -0.359 e. The van der Waals surface area contributed by atoms with E-state index in [4.69, 9.17) is 4.74 Å². The summed E-state index contributed by atoms with van der Waals surface area (Å²) < 4.78 is 5.88. The highest BCUT2D eigenvalue weighted by atomic mass is 16.6. The van der Waals surface area contributed by atoms with Crippen molar-refractivity contribution in [2.75, 3.05) is 0 Å². The smallest absolute Gasteiger partial charge is 0.114 e. The van der Waals surface area contributed by atoms with E-state index in [0.29, 0.717) is 0 Å². The van der Waals surface area contributed by atoms with Gasteiger partial charge in [-0.2, -0.15) is 0 Å². The van der Waals surface area contributed by atoms with E-state index in [9.17, 15) is 0 Å². The summed E-state index contributed by atoms with van der Waals surface area (Å²) in [7, 11) is 0. The van der Waals surface area contributed by atoms with Crippen LogP contribution in [0.3, 0.4) is 0 Å². The molecule has 1 nitrogen and oxygen atoms in total. The molecule has 3 aromatic carbocycles. The largest absolute Gasteiger partial charge is 0.359 e. The topological polar surface area (TPSA) is 12.5 Å². The van der Waals surface area contributed by atoms with Crippen LogP contribution in [0, 0.1) is 0 Å². The zero-order valence-corrected chi connectivity index (χ0v) is 10.3. The van der Waals surface area contributed by atoms with Crippen molar-refractivity contribution in [3.05, 3.63) is 71.8 Å². The molecule has 19 heavy (non-hydrogen) atoms. The maximum absolute atomic E-state index is 5.88. The molecule has 2 aliphatic rings. The third kappa shape index (κ3) is 1.18. The van der Waals surface area contributed by atoms with E-state index in [1.807, 2.05) is 0 Å². The van der Waals surface area contributed by atoms with Crippen molar-refractivity contribution in [3.8, 4) is 11.1 Å². The molecule has 0 aromatic heterocycles. The molecule has 1 saturated heterocycles. The normalized spacial score (nSPS) is 22.5. The molecule has 0 bridgehead atoms. The van der Waals surface area contributed by atoms with E-state index >= 15 is 0 Å². The van der Waals surface area contributed by atoms with Gasteiger partial charge >= 0.3 is 0 Å². The third-order valence-corrected chi connectivity index (χ3v) is 4.30. The Morgan fingerprint density at radius 2 is 1.47 bits per heavy atom. The number of hydrogen-bond acceptors (Lipinski definition) is 1. The van der Waals surface area contributed by atoms with Gasteiger partial charge in [0.05, 0.1) is 0 Å². The number of fused-ring (bicyclic) bond motifs is 8. The first-order chi connectivity index (χ1) is 9.43. The Hall–Kier alpha value is -2.12. The average molecular weight is 244 g/mol. The van der Waals surface area contributed by atoms with E-state index in [-0.39, 0.29) is 12.2 Å². The summed E-state index contributed by atoms with van der Waals surface area (Å²) in [5.41, 5.74) is 5.40. The van der Waals surface area contributed by atoms with Gasteiger partial charge in [0.2, 0.25) is 0 Å². The summed E-state index contributed by atoms with van der Waals surface area (Å²) in [5, 5.41) is 2.64. The van der Waals surface area contributed by atoms with Gasteiger partial charge in [0, 0.05) is 0 Å². The van der Waals surface area contributed by atoms with Crippen LogP contribution in [0.25, 0.3) is 21.9 Å². The second-order valence-corrected chi connectivity index (χ2v) is 5.32. The number of hydrogen-bond donors (Lipinski definition) is 0. The maximum Gasteiger partial charge on any atom is 0.114 e. The highest BCUT2D eigenvalue weighted by Gasteiger charge is 2.47. The van der Waals surface area contributed by atoms with Crippen molar-refractivity contribution in [1.82, 2.24) is 0 Å². The van der Waals surface area contributed by atoms with Gasteiger partial charge in [-0.3, -0.25) is 0 Å². The minimum absolute atomic E-state index is 0.273. The zero-order chi connectivity index (χ0) is 12.4. The molecule has 1 fully saturated rings. The van der Waals surface area contributed by atoms with Crippen LogP contribution in [0.2, 0.25) is 0 Å². The molecule has 0 saturated carbocycles. The van der Waals surface area contributed by atoms with Crippen LogP contribution in [0.15, 0.2) is 60.7 Å². The predicted octanol–water partition coefficient (Wildman–Crippen LogP) is 4.63. The van der Waals surface area contributed by atoms with Gasteiger partial charge in [-0.05, 0) is 33.0 Å². The Bertz CT molecular complexity index is 819. The highest BCUT2D eigenvalue weighted by Crippen LogP contribution is 2.60. The van der Waals surface area contributed by atoms with Crippen molar-refractivity contribution < 1.29 is 4.74 Å². The van der Waals surface area contributed by atoms with E-state index in [2.05, 4.69) is 60.7 Å². The van der Waals surface area contributed by atoms with Gasteiger partial charge in [-0.1, -0.05) is 60.7 Å². The molecule has 3 aromatic rings. The molecule has 90 valence electrons. The first-order valence-electron chi connectivity index (χ1n) is 6.70. The van der Waals surface area contributed by atoms with Gasteiger partial charge in [0.1, 0.15) is 12.2 Å². The van der Waals surface area contributed by atoms with Crippen molar-refractivity contribution in [2.45, 2.75) is 12.2 Å². The average Bonchev–Trinajstić information content (AvgIpc) is 3.27.